The van der Waals surface area contributed by atoms with Crippen molar-refractivity contribution in [2.75, 3.05) is 0 Å². The van der Waals surface area contributed by atoms with Crippen LogP contribution in [0.3, 0.4) is 0 Å². The molecule has 1 N–H and O–H groups in total. The molecule has 0 unspecified atom stereocenters. The molecule has 6 aromatic carbocycles. The summed E-state index contributed by atoms with van der Waals surface area (Å²) in [6.07, 6.45) is 10.4. The Balaban J connectivity index is 1.34. The van der Waals surface area contributed by atoms with Crippen LogP contribution in [0.25, 0.3) is 39.0 Å². The molecule has 0 bridgehead atoms. The lowest BCUT2D eigenvalue weighted by Crippen LogP contribution is -2.40. The molecular formula is C47H37N. The van der Waals surface area contributed by atoms with Crippen LogP contribution in [0.4, 0.5) is 0 Å². The maximum Gasteiger partial charge on any atom is 0.0719 e. The van der Waals surface area contributed by atoms with Gasteiger partial charge in [0.1, 0.15) is 0 Å². The van der Waals surface area contributed by atoms with Gasteiger partial charge in [0.05, 0.1) is 5.41 Å². The molecule has 0 aromatic heterocycles. The summed E-state index contributed by atoms with van der Waals surface area (Å²) < 4.78 is 0. The quantitative estimate of drug-likeness (QED) is 0.191. The Bertz CT molecular complexity index is 2280. The Labute approximate surface area is 283 Å². The van der Waals surface area contributed by atoms with Crippen LogP contribution in [-0.2, 0) is 10.8 Å². The molecule has 6 aromatic rings. The smallest absolute Gasteiger partial charge is 0.0719 e. The molecule has 0 atom stereocenters. The van der Waals surface area contributed by atoms with Crippen LogP contribution in [0.2, 0.25) is 0 Å². The second-order valence-electron chi connectivity index (χ2n) is 13.9. The van der Waals surface area contributed by atoms with E-state index in [0.29, 0.717) is 0 Å². The van der Waals surface area contributed by atoms with E-state index < -0.39 is 5.41 Å². The molecule has 3 aliphatic rings. The summed E-state index contributed by atoms with van der Waals surface area (Å²) in [4.78, 5) is 0. The number of benzene rings is 6. The molecule has 1 nitrogen and oxygen atoms in total. The van der Waals surface area contributed by atoms with Crippen LogP contribution >= 0.6 is 0 Å². The molecule has 0 radical (unpaired) electrons. The van der Waals surface area contributed by atoms with Gasteiger partial charge in [-0.05, 0) is 103 Å². The molecule has 230 valence electrons. The van der Waals surface area contributed by atoms with Gasteiger partial charge in [-0.1, -0.05) is 153 Å². The van der Waals surface area contributed by atoms with E-state index in [9.17, 15) is 0 Å². The van der Waals surface area contributed by atoms with E-state index >= 15 is 0 Å². The second kappa shape index (κ2) is 10.8. The monoisotopic (exact) mass is 615 g/mol. The molecule has 0 fully saturated rings. The highest BCUT2D eigenvalue weighted by atomic mass is 14.5. The summed E-state index contributed by atoms with van der Waals surface area (Å²) in [6, 6.07) is 49.6. The van der Waals surface area contributed by atoms with E-state index in [-0.39, 0.29) is 5.41 Å². The Kier molecular flexibility index (Phi) is 6.42. The molecule has 3 aliphatic carbocycles. The predicted molar refractivity (Wildman–Crippen MR) is 201 cm³/mol. The van der Waals surface area contributed by atoms with Gasteiger partial charge in [-0.25, -0.2) is 0 Å². The number of allylic oxidation sites excluding steroid dienone is 4. The number of nitrogens with one attached hydrogen (secondary N) is 1. The Morgan fingerprint density at radius 3 is 1.88 bits per heavy atom. The first kappa shape index (κ1) is 28.7. The minimum Gasteiger partial charge on any atom is -0.308 e. The Morgan fingerprint density at radius 1 is 0.542 bits per heavy atom. The van der Waals surface area contributed by atoms with Crippen LogP contribution in [-0.4, -0.2) is 6.21 Å². The van der Waals surface area contributed by atoms with Crippen molar-refractivity contribution in [3.8, 4) is 33.4 Å². The summed E-state index contributed by atoms with van der Waals surface area (Å²) in [6.45, 7) is 4.72. The molecule has 0 saturated heterocycles. The Hall–Kier alpha value is -5.53. The van der Waals surface area contributed by atoms with Crippen LogP contribution in [0, 0.1) is 5.41 Å². The molecule has 0 heterocycles. The third-order valence-electron chi connectivity index (χ3n) is 11.2. The van der Waals surface area contributed by atoms with E-state index in [1.165, 1.54) is 84.1 Å². The van der Waals surface area contributed by atoms with Gasteiger partial charge in [-0.2, -0.15) is 0 Å². The van der Waals surface area contributed by atoms with Crippen molar-refractivity contribution in [3.63, 3.8) is 0 Å². The number of rotatable bonds is 4. The van der Waals surface area contributed by atoms with E-state index in [1.54, 1.807) is 0 Å². The van der Waals surface area contributed by atoms with Gasteiger partial charge in [0.25, 0.3) is 0 Å². The largest absolute Gasteiger partial charge is 0.308 e. The highest BCUT2D eigenvalue weighted by molar-refractivity contribution is 6.00. The normalized spacial score (nSPS) is 16.0. The third kappa shape index (κ3) is 3.94. The molecule has 48 heavy (non-hydrogen) atoms. The van der Waals surface area contributed by atoms with Crippen LogP contribution in [0.1, 0.15) is 71.2 Å². The summed E-state index contributed by atoms with van der Waals surface area (Å²) in [5, 5.41) is 8.56. The first-order chi connectivity index (χ1) is 23.5. The van der Waals surface area contributed by atoms with Gasteiger partial charge < -0.3 is 5.41 Å². The van der Waals surface area contributed by atoms with Gasteiger partial charge in [-0.15, -0.1) is 0 Å². The van der Waals surface area contributed by atoms with Crippen molar-refractivity contribution in [3.05, 3.63) is 196 Å². The third-order valence-corrected chi connectivity index (χ3v) is 11.2. The van der Waals surface area contributed by atoms with Crippen molar-refractivity contribution in [1.29, 1.82) is 5.41 Å². The van der Waals surface area contributed by atoms with E-state index in [4.69, 9.17) is 5.41 Å². The summed E-state index contributed by atoms with van der Waals surface area (Å²) in [5.41, 5.74) is 18.2. The van der Waals surface area contributed by atoms with Crippen LogP contribution < -0.4 is 0 Å². The predicted octanol–water partition coefficient (Wildman–Crippen LogP) is 11.8. The molecule has 1 heteroatoms. The fraction of sp³-hybridized carbons (Fsp3) is 0.128. The maximum atomic E-state index is 8.56. The lowest BCUT2D eigenvalue weighted by atomic mass is 9.55. The van der Waals surface area contributed by atoms with E-state index in [1.807, 2.05) is 0 Å². The second-order valence-corrected chi connectivity index (χ2v) is 13.9. The number of hydrogen-bond acceptors (Lipinski definition) is 1. The molecule has 0 aliphatic heterocycles. The van der Waals surface area contributed by atoms with Gasteiger partial charge in [0, 0.05) is 17.2 Å². The van der Waals surface area contributed by atoms with Crippen LogP contribution in [0.15, 0.2) is 152 Å². The van der Waals surface area contributed by atoms with Gasteiger partial charge in [-0.3, -0.25) is 0 Å². The van der Waals surface area contributed by atoms with Gasteiger partial charge in [0.2, 0.25) is 0 Å². The highest BCUT2D eigenvalue weighted by Crippen LogP contribution is 2.62. The zero-order chi connectivity index (χ0) is 32.5. The fourth-order valence-electron chi connectivity index (χ4n) is 8.97. The lowest BCUT2D eigenvalue weighted by molar-refractivity contribution is 0.563. The Morgan fingerprint density at radius 2 is 1.19 bits per heavy atom. The summed E-state index contributed by atoms with van der Waals surface area (Å²) >= 11 is 0. The molecule has 0 amide bonds. The maximum absolute atomic E-state index is 8.56. The number of hydrogen-bond donors (Lipinski definition) is 1. The minimum atomic E-state index is -0.474. The summed E-state index contributed by atoms with van der Waals surface area (Å²) in [7, 11) is 0. The molecular weight excluding hydrogens is 579 g/mol. The SMILES string of the molecule is CC1(C)c2ccccc2C2(c3ccc(-c4ccc(C5=CC=CCC5)cc4-c4ccccc4)cc3-c3c(C=N)cccc32)c2ccccc21. The topological polar surface area (TPSA) is 23.9 Å². The highest BCUT2D eigenvalue weighted by Gasteiger charge is 2.53. The van der Waals surface area contributed by atoms with Crippen molar-refractivity contribution in [1.82, 2.24) is 0 Å². The zero-order valence-corrected chi connectivity index (χ0v) is 27.4. The molecule has 1 spiro atoms. The van der Waals surface area contributed by atoms with Crippen LogP contribution in [0.5, 0.6) is 0 Å². The lowest BCUT2D eigenvalue weighted by Gasteiger charge is -2.46. The minimum absolute atomic E-state index is 0.143. The van der Waals surface area contributed by atoms with Gasteiger partial charge >= 0.3 is 0 Å². The first-order valence-corrected chi connectivity index (χ1v) is 17.1. The summed E-state index contributed by atoms with van der Waals surface area (Å²) in [5.74, 6) is 0. The van der Waals surface area contributed by atoms with Crippen molar-refractivity contribution in [2.24, 2.45) is 0 Å². The fourth-order valence-corrected chi connectivity index (χ4v) is 8.97. The van der Waals surface area contributed by atoms with Crippen molar-refractivity contribution >= 4 is 11.8 Å². The standard InChI is InChI=1S/C47H37N/c1-46(2)40-19-9-11-21-42(40)47(43-22-12-10-20-41(43)46)39-27-25-34(29-38(39)45-35(30-48)18-13-23-44(45)47)36-26-24-33(31-14-5-3-6-15-31)28-37(36)32-16-7-4-8-17-32/h3-5,7-14,16-30,48H,6,15H2,1-2H3. The zero-order valence-electron chi connectivity index (χ0n) is 27.4. The molecule has 0 saturated carbocycles. The number of fused-ring (bicyclic) bond motifs is 9. The molecule has 9 rings (SSSR count). The van der Waals surface area contributed by atoms with Gasteiger partial charge in [0.15, 0.2) is 0 Å². The first-order valence-electron chi connectivity index (χ1n) is 17.1. The van der Waals surface area contributed by atoms with E-state index in [0.717, 1.165) is 18.4 Å². The average Bonchev–Trinajstić information content (AvgIpc) is 3.45. The van der Waals surface area contributed by atoms with Crippen molar-refractivity contribution < 1.29 is 0 Å². The average molecular weight is 616 g/mol. The van der Waals surface area contributed by atoms with E-state index in [2.05, 4.69) is 166 Å². The van der Waals surface area contributed by atoms with Crippen molar-refractivity contribution in [2.45, 2.75) is 37.5 Å².